The molecule has 7 heteroatoms. The number of nitrogens with one attached hydrogen (secondary N) is 1. The van der Waals surface area contributed by atoms with Gasteiger partial charge < -0.3 is 24.3 Å². The van der Waals surface area contributed by atoms with Crippen molar-refractivity contribution >= 4 is 11.7 Å². The number of Topliss-reactive ketones (excluding diaryl/α,β-unsaturated/α-hetero) is 1. The molecule has 2 atom stereocenters. The van der Waals surface area contributed by atoms with Crippen LogP contribution >= 0.6 is 0 Å². The van der Waals surface area contributed by atoms with Gasteiger partial charge in [-0.25, -0.2) is 0 Å². The van der Waals surface area contributed by atoms with Gasteiger partial charge in [0.25, 0.3) is 0 Å². The van der Waals surface area contributed by atoms with E-state index in [1.807, 2.05) is 50.2 Å². The molecule has 0 bridgehead atoms. The van der Waals surface area contributed by atoms with E-state index < -0.39 is 0 Å². The maximum Gasteiger partial charge on any atom is 0.225 e. The van der Waals surface area contributed by atoms with Crippen molar-refractivity contribution in [1.29, 1.82) is 0 Å². The molecule has 4 rings (SSSR count). The van der Waals surface area contributed by atoms with Gasteiger partial charge in [0.15, 0.2) is 17.3 Å². The number of carbonyl (C=O) groups excluding carboxylic acids is 2. The zero-order valence-corrected chi connectivity index (χ0v) is 20.3. The summed E-state index contributed by atoms with van der Waals surface area (Å²) < 4.78 is 22.1. The molecule has 0 saturated carbocycles. The second-order valence-corrected chi connectivity index (χ2v) is 8.92. The van der Waals surface area contributed by atoms with Crippen LogP contribution in [0.15, 0.2) is 47.7 Å². The highest BCUT2D eigenvalue weighted by atomic mass is 16.5. The first-order valence-corrected chi connectivity index (χ1v) is 11.5. The van der Waals surface area contributed by atoms with Crippen LogP contribution in [0.3, 0.4) is 0 Å². The molecule has 0 spiro atoms. The van der Waals surface area contributed by atoms with Gasteiger partial charge in [-0.2, -0.15) is 0 Å². The molecule has 2 unspecified atom stereocenters. The molecule has 1 heterocycles. The Morgan fingerprint density at radius 1 is 0.853 bits per heavy atom. The van der Waals surface area contributed by atoms with E-state index in [4.69, 9.17) is 18.9 Å². The molecule has 2 aromatic rings. The summed E-state index contributed by atoms with van der Waals surface area (Å²) in [5.41, 5.74) is 3.26. The van der Waals surface area contributed by atoms with Crippen LogP contribution in [0.1, 0.15) is 56.1 Å². The topological polar surface area (TPSA) is 83.1 Å². The first kappa shape index (κ1) is 23.7. The highest BCUT2D eigenvalue weighted by Crippen LogP contribution is 2.46. The van der Waals surface area contributed by atoms with Crippen molar-refractivity contribution in [3.63, 3.8) is 0 Å². The molecule has 0 fully saturated rings. The van der Waals surface area contributed by atoms with Crippen LogP contribution < -0.4 is 24.3 Å². The van der Waals surface area contributed by atoms with Gasteiger partial charge in [-0.1, -0.05) is 12.1 Å². The van der Waals surface area contributed by atoms with E-state index in [1.165, 1.54) is 0 Å². The molecule has 1 aliphatic heterocycles. The van der Waals surface area contributed by atoms with Crippen LogP contribution in [-0.4, -0.2) is 39.1 Å². The number of rotatable bonds is 7. The standard InChI is InChI=1S/C27H31NO6/c1-15(2)34-19-8-6-16(7-9-19)20-14-25(30)28-21-10-17(11-22(29)26(20)21)18-12-23(31-3)27(33-5)24(13-18)32-4/h6-9,12-13,15,17,20H,10-11,14H2,1-5H3,(H,28,30). The molecule has 2 aromatic carbocycles. The summed E-state index contributed by atoms with van der Waals surface area (Å²) in [7, 11) is 4.69. The number of ketones is 1. The van der Waals surface area contributed by atoms with Gasteiger partial charge in [0.1, 0.15) is 5.75 Å². The highest BCUT2D eigenvalue weighted by molar-refractivity contribution is 6.02. The third-order valence-electron chi connectivity index (χ3n) is 6.35. The fraction of sp³-hybridized carbons (Fsp3) is 0.407. The van der Waals surface area contributed by atoms with E-state index in [0.717, 1.165) is 16.9 Å². The first-order valence-electron chi connectivity index (χ1n) is 11.5. The zero-order chi connectivity index (χ0) is 24.4. The smallest absolute Gasteiger partial charge is 0.225 e. The summed E-state index contributed by atoms with van der Waals surface area (Å²) in [5, 5.41) is 2.97. The quantitative estimate of drug-likeness (QED) is 0.648. The molecule has 1 aliphatic carbocycles. The number of allylic oxidation sites excluding steroid dienone is 2. The molecule has 7 nitrogen and oxygen atoms in total. The molecule has 34 heavy (non-hydrogen) atoms. The fourth-order valence-corrected chi connectivity index (χ4v) is 4.87. The van der Waals surface area contributed by atoms with Gasteiger partial charge in [0.2, 0.25) is 11.7 Å². The molecule has 1 amide bonds. The number of amides is 1. The lowest BCUT2D eigenvalue weighted by Gasteiger charge is -2.34. The Bertz CT molecular complexity index is 1090. The zero-order valence-electron chi connectivity index (χ0n) is 20.3. The molecule has 0 aromatic heterocycles. The van der Waals surface area contributed by atoms with E-state index in [0.29, 0.717) is 41.4 Å². The number of carbonyl (C=O) groups is 2. The van der Waals surface area contributed by atoms with Crippen molar-refractivity contribution in [2.24, 2.45) is 0 Å². The molecule has 180 valence electrons. The summed E-state index contributed by atoms with van der Waals surface area (Å²) >= 11 is 0. The molecule has 1 N–H and O–H groups in total. The van der Waals surface area contributed by atoms with Gasteiger partial charge in [0, 0.05) is 30.0 Å². The summed E-state index contributed by atoms with van der Waals surface area (Å²) in [6.45, 7) is 3.95. The van der Waals surface area contributed by atoms with Gasteiger partial charge in [-0.15, -0.1) is 0 Å². The van der Waals surface area contributed by atoms with Crippen LogP contribution in [-0.2, 0) is 9.59 Å². The minimum atomic E-state index is -0.259. The minimum absolute atomic E-state index is 0.0486. The second kappa shape index (κ2) is 9.79. The maximum absolute atomic E-state index is 13.4. The summed E-state index contributed by atoms with van der Waals surface area (Å²) in [6.07, 6.45) is 1.23. The van der Waals surface area contributed by atoms with Crippen molar-refractivity contribution in [3.8, 4) is 23.0 Å². The average Bonchev–Trinajstić information content (AvgIpc) is 2.82. The lowest BCUT2D eigenvalue weighted by Crippen LogP contribution is -2.38. The number of ether oxygens (including phenoxy) is 4. The fourth-order valence-electron chi connectivity index (χ4n) is 4.87. The molecular formula is C27H31NO6. The monoisotopic (exact) mass is 465 g/mol. The Balaban J connectivity index is 1.67. The van der Waals surface area contributed by atoms with E-state index >= 15 is 0 Å². The second-order valence-electron chi connectivity index (χ2n) is 8.92. The molecule has 2 aliphatic rings. The minimum Gasteiger partial charge on any atom is -0.493 e. The predicted molar refractivity (Wildman–Crippen MR) is 128 cm³/mol. The number of methoxy groups -OCH3 is 3. The summed E-state index contributed by atoms with van der Waals surface area (Å²) in [4.78, 5) is 26.0. The Hall–Kier alpha value is -3.48. The molecular weight excluding hydrogens is 434 g/mol. The predicted octanol–water partition coefficient (Wildman–Crippen LogP) is 4.50. The number of hydrogen-bond donors (Lipinski definition) is 1. The Morgan fingerprint density at radius 3 is 2.06 bits per heavy atom. The largest absolute Gasteiger partial charge is 0.493 e. The highest BCUT2D eigenvalue weighted by Gasteiger charge is 2.38. The Morgan fingerprint density at radius 2 is 1.50 bits per heavy atom. The summed E-state index contributed by atoms with van der Waals surface area (Å²) in [6, 6.07) is 11.4. The van der Waals surface area contributed by atoms with Crippen LogP contribution in [0.5, 0.6) is 23.0 Å². The summed E-state index contributed by atoms with van der Waals surface area (Å²) in [5.74, 6) is 1.96. The third kappa shape index (κ3) is 4.60. The number of benzene rings is 2. The van der Waals surface area contributed by atoms with Crippen LogP contribution in [0.2, 0.25) is 0 Å². The van der Waals surface area contributed by atoms with Crippen molar-refractivity contribution in [2.75, 3.05) is 21.3 Å². The average molecular weight is 466 g/mol. The Kier molecular flexibility index (Phi) is 6.82. The number of hydrogen-bond acceptors (Lipinski definition) is 6. The SMILES string of the molecule is COc1cc(C2CC(=O)C3=C(C2)NC(=O)CC3c2ccc(OC(C)C)cc2)cc(OC)c1OC. The van der Waals surface area contributed by atoms with E-state index in [1.54, 1.807) is 21.3 Å². The van der Waals surface area contributed by atoms with Crippen molar-refractivity contribution in [3.05, 3.63) is 58.8 Å². The lowest BCUT2D eigenvalue weighted by molar-refractivity contribution is -0.122. The van der Waals surface area contributed by atoms with Gasteiger partial charge >= 0.3 is 0 Å². The van der Waals surface area contributed by atoms with Gasteiger partial charge in [0.05, 0.1) is 27.4 Å². The lowest BCUT2D eigenvalue weighted by atomic mass is 9.73. The van der Waals surface area contributed by atoms with Crippen LogP contribution in [0.25, 0.3) is 0 Å². The third-order valence-corrected chi connectivity index (χ3v) is 6.35. The van der Waals surface area contributed by atoms with Gasteiger partial charge in [-0.3, -0.25) is 9.59 Å². The van der Waals surface area contributed by atoms with Crippen molar-refractivity contribution < 1.29 is 28.5 Å². The van der Waals surface area contributed by atoms with Crippen LogP contribution in [0.4, 0.5) is 0 Å². The van der Waals surface area contributed by atoms with E-state index in [9.17, 15) is 9.59 Å². The van der Waals surface area contributed by atoms with E-state index in [2.05, 4.69) is 5.32 Å². The van der Waals surface area contributed by atoms with E-state index in [-0.39, 0.29) is 36.1 Å². The van der Waals surface area contributed by atoms with Gasteiger partial charge in [-0.05, 0) is 61.6 Å². The van der Waals surface area contributed by atoms with Crippen molar-refractivity contribution in [2.45, 2.75) is 51.0 Å². The molecule has 0 radical (unpaired) electrons. The Labute approximate surface area is 200 Å². The van der Waals surface area contributed by atoms with Crippen molar-refractivity contribution in [1.82, 2.24) is 5.32 Å². The normalized spacial score (nSPS) is 20.1. The first-order chi connectivity index (χ1) is 16.3. The maximum atomic E-state index is 13.4. The van der Waals surface area contributed by atoms with Crippen LogP contribution in [0, 0.1) is 0 Å². The molecule has 0 saturated heterocycles.